The first-order valence-corrected chi connectivity index (χ1v) is 13.5. The summed E-state index contributed by atoms with van der Waals surface area (Å²) in [4.78, 5) is 12.6. The Morgan fingerprint density at radius 3 is 2.38 bits per heavy atom. The Bertz CT molecular complexity index is 1540. The Hall–Kier alpha value is -3.62. The van der Waals surface area contributed by atoms with Crippen LogP contribution in [0.4, 0.5) is 13.2 Å². The van der Waals surface area contributed by atoms with Gasteiger partial charge in [0.05, 0.1) is 13.2 Å². The lowest BCUT2D eigenvalue weighted by atomic mass is 10.0. The molecule has 1 aliphatic heterocycles. The van der Waals surface area contributed by atoms with Crippen molar-refractivity contribution in [2.24, 2.45) is 5.92 Å². The van der Waals surface area contributed by atoms with E-state index in [4.69, 9.17) is 18.6 Å². The molecule has 0 unspecified atom stereocenters. The molecular formula is C32H31F3O5. The second-order valence-corrected chi connectivity index (χ2v) is 10.2. The Morgan fingerprint density at radius 1 is 0.900 bits per heavy atom. The highest BCUT2D eigenvalue weighted by Crippen LogP contribution is 2.29. The number of aryl methyl sites for hydroxylation is 3. The van der Waals surface area contributed by atoms with Crippen LogP contribution in [0.15, 0.2) is 63.8 Å². The molecule has 5 nitrogen and oxygen atoms in total. The van der Waals surface area contributed by atoms with E-state index in [1.165, 1.54) is 31.2 Å². The summed E-state index contributed by atoms with van der Waals surface area (Å²) in [5.41, 5.74) is 1.25. The third-order valence-corrected chi connectivity index (χ3v) is 7.19. The zero-order chi connectivity index (χ0) is 28.2. The molecule has 0 aliphatic carbocycles. The molecule has 1 aliphatic rings. The van der Waals surface area contributed by atoms with E-state index in [1.54, 1.807) is 6.07 Å². The van der Waals surface area contributed by atoms with Crippen LogP contribution in [0.25, 0.3) is 10.8 Å². The summed E-state index contributed by atoms with van der Waals surface area (Å²) in [7, 11) is 0. The predicted molar refractivity (Wildman–Crippen MR) is 145 cm³/mol. The fourth-order valence-corrected chi connectivity index (χ4v) is 4.89. The van der Waals surface area contributed by atoms with Gasteiger partial charge in [-0.3, -0.25) is 0 Å². The minimum atomic E-state index is -0.915. The van der Waals surface area contributed by atoms with Gasteiger partial charge in [-0.25, -0.2) is 18.0 Å². The van der Waals surface area contributed by atoms with E-state index in [-0.39, 0.29) is 47.5 Å². The first-order chi connectivity index (χ1) is 19.3. The van der Waals surface area contributed by atoms with Crippen LogP contribution in [0.5, 0.6) is 5.75 Å². The first kappa shape index (κ1) is 27.9. The average molecular weight is 553 g/mol. The SMILES string of the molecule is CCCC1COC(c2ccc(COc3ccc4cc(CCc5ccc(C)c(F)c5F)oc(=O)c4c3F)cc2)OC1. The zero-order valence-electron chi connectivity index (χ0n) is 22.5. The lowest BCUT2D eigenvalue weighted by Gasteiger charge is -2.29. The van der Waals surface area contributed by atoms with Gasteiger partial charge in [0.15, 0.2) is 29.5 Å². The molecule has 1 saturated heterocycles. The van der Waals surface area contributed by atoms with Crippen LogP contribution >= 0.6 is 0 Å². The Morgan fingerprint density at radius 2 is 1.65 bits per heavy atom. The second-order valence-electron chi connectivity index (χ2n) is 10.2. The molecule has 0 radical (unpaired) electrons. The van der Waals surface area contributed by atoms with E-state index in [1.807, 2.05) is 24.3 Å². The van der Waals surface area contributed by atoms with E-state index >= 15 is 4.39 Å². The number of ether oxygens (including phenoxy) is 3. The van der Waals surface area contributed by atoms with Crippen molar-refractivity contribution in [1.82, 2.24) is 0 Å². The van der Waals surface area contributed by atoms with Crippen molar-refractivity contribution in [2.75, 3.05) is 13.2 Å². The predicted octanol–water partition coefficient (Wildman–Crippen LogP) is 7.34. The van der Waals surface area contributed by atoms with E-state index < -0.39 is 29.4 Å². The summed E-state index contributed by atoms with van der Waals surface area (Å²) in [6.07, 6.45) is 2.05. The van der Waals surface area contributed by atoms with E-state index in [9.17, 15) is 13.6 Å². The summed E-state index contributed by atoms with van der Waals surface area (Å²) in [6.45, 7) is 5.06. The van der Waals surface area contributed by atoms with Crippen molar-refractivity contribution < 1.29 is 31.8 Å². The number of rotatable bonds is 9. The highest BCUT2D eigenvalue weighted by Gasteiger charge is 2.23. The van der Waals surface area contributed by atoms with Crippen LogP contribution in [0.1, 0.15) is 54.1 Å². The fourth-order valence-electron chi connectivity index (χ4n) is 4.89. The van der Waals surface area contributed by atoms with Crippen molar-refractivity contribution >= 4 is 10.8 Å². The van der Waals surface area contributed by atoms with Gasteiger partial charge in [0.1, 0.15) is 17.8 Å². The van der Waals surface area contributed by atoms with Crippen LogP contribution in [0.3, 0.4) is 0 Å². The lowest BCUT2D eigenvalue weighted by Crippen LogP contribution is -2.26. The van der Waals surface area contributed by atoms with Crippen molar-refractivity contribution in [3.63, 3.8) is 0 Å². The van der Waals surface area contributed by atoms with Crippen molar-refractivity contribution in [3.8, 4) is 5.75 Å². The van der Waals surface area contributed by atoms with Gasteiger partial charge in [-0.1, -0.05) is 55.8 Å². The van der Waals surface area contributed by atoms with Crippen molar-refractivity contribution in [1.29, 1.82) is 0 Å². The first-order valence-electron chi connectivity index (χ1n) is 13.5. The maximum Gasteiger partial charge on any atom is 0.346 e. The standard InChI is InChI=1S/C32H31F3O5/c1-3-4-21-17-38-32(39-18-21)23-9-6-20(7-10-23)16-37-26-14-12-24-15-25(40-31(36)27(24)30(26)35)13-11-22-8-5-19(2)28(33)29(22)34/h5-10,12,14-15,21,32H,3-4,11,13,16-18H2,1-2H3. The molecule has 0 bridgehead atoms. The molecule has 8 heteroatoms. The highest BCUT2D eigenvalue weighted by atomic mass is 19.2. The van der Waals surface area contributed by atoms with Gasteiger partial charge in [0.2, 0.25) is 0 Å². The number of hydrogen-bond donors (Lipinski definition) is 0. The fraction of sp³-hybridized carbons (Fsp3) is 0.344. The Balaban J connectivity index is 1.23. The van der Waals surface area contributed by atoms with Gasteiger partial charge >= 0.3 is 5.63 Å². The minimum absolute atomic E-state index is 0.0743. The monoisotopic (exact) mass is 552 g/mol. The third-order valence-electron chi connectivity index (χ3n) is 7.19. The Labute approximate surface area is 230 Å². The van der Waals surface area contributed by atoms with Crippen LogP contribution in [0, 0.1) is 30.3 Å². The normalized spacial score (nSPS) is 17.3. The number of halogens is 3. The summed E-state index contributed by atoms with van der Waals surface area (Å²) in [5, 5.41) is 0.113. The molecule has 2 heterocycles. The smallest absolute Gasteiger partial charge is 0.346 e. The molecule has 3 aromatic carbocycles. The minimum Gasteiger partial charge on any atom is -0.486 e. The lowest BCUT2D eigenvalue weighted by molar-refractivity contribution is -0.206. The van der Waals surface area contributed by atoms with Crippen LogP contribution in [-0.4, -0.2) is 13.2 Å². The van der Waals surface area contributed by atoms with Gasteiger partial charge in [0.25, 0.3) is 0 Å². The van der Waals surface area contributed by atoms with Gasteiger partial charge in [0, 0.05) is 17.9 Å². The molecule has 1 fully saturated rings. The summed E-state index contributed by atoms with van der Waals surface area (Å²) in [5.74, 6) is -2.02. The van der Waals surface area contributed by atoms with Gasteiger partial charge in [-0.15, -0.1) is 0 Å². The number of benzene rings is 3. The zero-order valence-corrected chi connectivity index (χ0v) is 22.5. The summed E-state index contributed by atoms with van der Waals surface area (Å²) < 4.78 is 66.0. The molecular weight excluding hydrogens is 521 g/mol. The van der Waals surface area contributed by atoms with Gasteiger partial charge < -0.3 is 18.6 Å². The third kappa shape index (κ3) is 6.08. The van der Waals surface area contributed by atoms with E-state index in [0.717, 1.165) is 24.0 Å². The average Bonchev–Trinajstić information content (AvgIpc) is 2.96. The molecule has 4 aromatic rings. The molecule has 0 amide bonds. The molecule has 210 valence electrons. The summed E-state index contributed by atoms with van der Waals surface area (Å²) >= 11 is 0. The second kappa shape index (κ2) is 12.3. The maximum absolute atomic E-state index is 15.2. The van der Waals surface area contributed by atoms with Crippen LogP contribution in [0.2, 0.25) is 0 Å². The van der Waals surface area contributed by atoms with E-state index in [0.29, 0.717) is 24.5 Å². The number of hydrogen-bond acceptors (Lipinski definition) is 5. The van der Waals surface area contributed by atoms with E-state index in [2.05, 4.69) is 6.92 Å². The highest BCUT2D eigenvalue weighted by molar-refractivity contribution is 5.83. The van der Waals surface area contributed by atoms with Gasteiger partial charge in [-0.2, -0.15) is 0 Å². The maximum atomic E-state index is 15.2. The summed E-state index contributed by atoms with van der Waals surface area (Å²) in [6, 6.07) is 15.1. The molecule has 0 N–H and O–H groups in total. The molecule has 1 aromatic heterocycles. The molecule has 5 rings (SSSR count). The van der Waals surface area contributed by atoms with Crippen molar-refractivity contribution in [3.05, 3.63) is 110 Å². The van der Waals surface area contributed by atoms with Crippen molar-refractivity contribution in [2.45, 2.75) is 52.4 Å². The number of fused-ring (bicyclic) bond motifs is 1. The Kier molecular flexibility index (Phi) is 8.57. The van der Waals surface area contributed by atoms with Crippen LogP contribution < -0.4 is 10.4 Å². The topological polar surface area (TPSA) is 57.9 Å². The molecule has 40 heavy (non-hydrogen) atoms. The van der Waals surface area contributed by atoms with Gasteiger partial charge in [-0.05, 0) is 54.0 Å². The largest absolute Gasteiger partial charge is 0.486 e. The van der Waals surface area contributed by atoms with Crippen LogP contribution in [-0.2, 0) is 28.9 Å². The quantitative estimate of drug-likeness (QED) is 0.217. The molecule has 0 saturated carbocycles. The molecule has 0 spiro atoms. The molecule has 0 atom stereocenters.